The number of ether oxygens (including phenoxy) is 2. The van der Waals surface area contributed by atoms with Crippen molar-refractivity contribution >= 4 is 17.7 Å². The van der Waals surface area contributed by atoms with Crippen LogP contribution in [0, 0.1) is 0 Å². The molecule has 0 bridgehead atoms. The minimum absolute atomic E-state index is 0.0851. The average molecular weight is 915 g/mol. The highest BCUT2D eigenvalue weighted by atomic mass is 17.1. The minimum atomic E-state index is -1.70. The van der Waals surface area contributed by atoms with E-state index in [0.717, 1.165) is 89.9 Å². The van der Waals surface area contributed by atoms with Gasteiger partial charge in [0.1, 0.15) is 12.7 Å². The van der Waals surface area contributed by atoms with Crippen molar-refractivity contribution in [2.75, 3.05) is 6.61 Å². The Labute approximate surface area is 400 Å². The third-order valence-electron chi connectivity index (χ3n) is 12.3. The van der Waals surface area contributed by atoms with Gasteiger partial charge in [-0.25, -0.2) is 5.26 Å². The molecular formula is C57H102O8. The summed E-state index contributed by atoms with van der Waals surface area (Å²) >= 11 is 0. The Morgan fingerprint density at radius 3 is 1.12 bits per heavy atom. The molecule has 65 heavy (non-hydrogen) atoms. The first-order valence-corrected chi connectivity index (χ1v) is 27.5. The molecule has 0 aromatic heterocycles. The van der Waals surface area contributed by atoms with Crippen molar-refractivity contribution in [2.24, 2.45) is 0 Å². The van der Waals surface area contributed by atoms with Crippen LogP contribution in [0.3, 0.4) is 0 Å². The molecule has 0 spiro atoms. The van der Waals surface area contributed by atoms with Crippen LogP contribution in [0.1, 0.15) is 278 Å². The van der Waals surface area contributed by atoms with Crippen LogP contribution >= 0.6 is 0 Å². The Kier molecular flexibility index (Phi) is 48.6. The molecule has 0 radical (unpaired) electrons. The van der Waals surface area contributed by atoms with Gasteiger partial charge in [-0.15, -0.1) is 0 Å². The normalized spacial score (nSPS) is 13.0. The van der Waals surface area contributed by atoms with Gasteiger partial charge in [0.15, 0.2) is 6.10 Å². The van der Waals surface area contributed by atoms with Crippen molar-refractivity contribution in [1.82, 2.24) is 0 Å². The van der Waals surface area contributed by atoms with Crippen LogP contribution in [-0.2, 0) is 28.7 Å². The predicted octanol–water partition coefficient (Wildman–Crippen LogP) is 17.1. The highest BCUT2D eigenvalue weighted by molar-refractivity contribution is 5.98. The van der Waals surface area contributed by atoms with E-state index < -0.39 is 42.3 Å². The highest BCUT2D eigenvalue weighted by Crippen LogP contribution is 2.17. The second-order valence-corrected chi connectivity index (χ2v) is 18.6. The van der Waals surface area contributed by atoms with Gasteiger partial charge in [-0.2, -0.15) is 0 Å². The number of esters is 2. The lowest BCUT2D eigenvalue weighted by atomic mass is 10.1. The van der Waals surface area contributed by atoms with Crippen LogP contribution in [0.25, 0.3) is 0 Å². The van der Waals surface area contributed by atoms with E-state index in [1.54, 1.807) is 6.08 Å². The van der Waals surface area contributed by atoms with Crippen molar-refractivity contribution in [2.45, 2.75) is 290 Å². The van der Waals surface area contributed by atoms with E-state index >= 15 is 0 Å². The van der Waals surface area contributed by atoms with Crippen LogP contribution in [0.4, 0.5) is 0 Å². The molecule has 0 saturated heterocycles. The van der Waals surface area contributed by atoms with Crippen LogP contribution in [0.5, 0.6) is 0 Å². The van der Waals surface area contributed by atoms with Crippen molar-refractivity contribution in [3.05, 3.63) is 48.3 Å². The number of Topliss-reactive ketones (excluding diaryl/α,β-unsaturated/α-hetero) is 1. The monoisotopic (exact) mass is 915 g/mol. The maximum absolute atomic E-state index is 13.5. The quantitative estimate of drug-likeness (QED) is 0.00905. The molecule has 2 N–H and O–H groups in total. The molecule has 0 rings (SSSR count). The number of rotatable bonds is 50. The van der Waals surface area contributed by atoms with Crippen LogP contribution in [0.15, 0.2) is 48.3 Å². The molecule has 0 aromatic carbocycles. The van der Waals surface area contributed by atoms with Crippen molar-refractivity contribution in [3.8, 4) is 0 Å². The zero-order valence-corrected chi connectivity index (χ0v) is 42.5. The van der Waals surface area contributed by atoms with Crippen LogP contribution < -0.4 is 0 Å². The fourth-order valence-electron chi connectivity index (χ4n) is 8.00. The number of aliphatic hydroxyl groups is 1. The maximum Gasteiger partial charge on any atom is 0.306 e. The Balaban J connectivity index is 4.84. The van der Waals surface area contributed by atoms with Gasteiger partial charge in [-0.1, -0.05) is 224 Å². The van der Waals surface area contributed by atoms with Crippen molar-refractivity contribution in [1.29, 1.82) is 0 Å². The van der Waals surface area contributed by atoms with Crippen molar-refractivity contribution < 1.29 is 39.1 Å². The lowest BCUT2D eigenvalue weighted by Crippen LogP contribution is -2.42. The zero-order valence-electron chi connectivity index (χ0n) is 42.5. The summed E-state index contributed by atoms with van der Waals surface area (Å²) in [5, 5.41) is 20.7. The number of aliphatic hydroxyl groups excluding tert-OH is 1. The highest BCUT2D eigenvalue weighted by Gasteiger charge is 2.35. The molecule has 2 unspecified atom stereocenters. The number of hydrogen-bond acceptors (Lipinski definition) is 8. The molecule has 378 valence electrons. The van der Waals surface area contributed by atoms with Gasteiger partial charge in [0, 0.05) is 12.8 Å². The minimum Gasteiger partial charge on any atom is -0.463 e. The first-order valence-electron chi connectivity index (χ1n) is 27.5. The summed E-state index contributed by atoms with van der Waals surface area (Å²) in [7, 11) is 0. The van der Waals surface area contributed by atoms with Crippen molar-refractivity contribution in [3.63, 3.8) is 0 Å². The van der Waals surface area contributed by atoms with E-state index in [4.69, 9.17) is 9.47 Å². The third-order valence-corrected chi connectivity index (χ3v) is 12.3. The summed E-state index contributed by atoms with van der Waals surface area (Å²) in [6.45, 7) is 6.22. The molecular weight excluding hydrogens is 813 g/mol. The number of allylic oxidation sites excluding steroid dienone is 7. The zero-order chi connectivity index (χ0) is 47.5. The van der Waals surface area contributed by atoms with Gasteiger partial charge in [0.25, 0.3) is 0 Å². The number of carbonyl (C=O) groups excluding carboxylic acids is 3. The second-order valence-electron chi connectivity index (χ2n) is 18.6. The van der Waals surface area contributed by atoms with E-state index in [1.807, 2.05) is 6.08 Å². The molecule has 2 atom stereocenters. The number of carbonyl (C=O) groups is 3. The number of unbranched alkanes of at least 4 members (excludes halogenated alkanes) is 33. The van der Waals surface area contributed by atoms with Crippen LogP contribution in [-0.4, -0.2) is 46.9 Å². The Bertz CT molecular complexity index is 1190. The van der Waals surface area contributed by atoms with E-state index in [-0.39, 0.29) is 12.8 Å². The van der Waals surface area contributed by atoms with Gasteiger partial charge >= 0.3 is 11.9 Å². The smallest absolute Gasteiger partial charge is 0.306 e. The molecule has 0 heterocycles. The summed E-state index contributed by atoms with van der Waals surface area (Å²) in [6.07, 6.45) is 55.5. The molecule has 8 nitrogen and oxygen atoms in total. The first-order chi connectivity index (χ1) is 31.9. The van der Waals surface area contributed by atoms with Gasteiger partial charge in [0.05, 0.1) is 0 Å². The maximum atomic E-state index is 13.5. The van der Waals surface area contributed by atoms with Gasteiger partial charge in [-0.3, -0.25) is 14.4 Å². The Morgan fingerprint density at radius 2 is 0.754 bits per heavy atom. The Morgan fingerprint density at radius 1 is 0.431 bits per heavy atom. The van der Waals surface area contributed by atoms with E-state index in [9.17, 15) is 24.7 Å². The fourth-order valence-corrected chi connectivity index (χ4v) is 8.00. The molecule has 0 amide bonds. The topological polar surface area (TPSA) is 119 Å². The first kappa shape index (κ1) is 62.3. The average Bonchev–Trinajstić information content (AvgIpc) is 3.31. The lowest BCUT2D eigenvalue weighted by Gasteiger charge is -2.22. The fraction of sp³-hybridized carbons (Fsp3) is 0.807. The molecule has 0 aliphatic carbocycles. The summed E-state index contributed by atoms with van der Waals surface area (Å²) in [5.74, 6) is -2.47. The lowest BCUT2D eigenvalue weighted by molar-refractivity contribution is -0.209. The van der Waals surface area contributed by atoms with Gasteiger partial charge in [0.2, 0.25) is 11.5 Å². The second kappa shape index (κ2) is 50.7. The molecule has 0 aliphatic rings. The van der Waals surface area contributed by atoms with Crippen LogP contribution in [0.2, 0.25) is 0 Å². The predicted molar refractivity (Wildman–Crippen MR) is 273 cm³/mol. The molecule has 0 aromatic rings. The molecule has 0 fully saturated rings. The summed E-state index contributed by atoms with van der Waals surface area (Å²) in [6, 6.07) is 0. The van der Waals surface area contributed by atoms with E-state index in [2.05, 4.69) is 50.0 Å². The van der Waals surface area contributed by atoms with E-state index in [1.165, 1.54) is 147 Å². The van der Waals surface area contributed by atoms with Gasteiger partial charge in [-0.05, 0) is 83.1 Å². The van der Waals surface area contributed by atoms with Gasteiger partial charge < -0.3 is 19.5 Å². The largest absolute Gasteiger partial charge is 0.463 e. The molecule has 8 heteroatoms. The SMILES string of the molecule is CCCCCCCC/C=C\CCCCCCCC(=O)OCC(O)C(OC(=O)CCCCCCC/C=C\CCCCCCCC)C(=O)C(=CC=CCCCCCCCCCCCCC)OO. The van der Waals surface area contributed by atoms with E-state index in [0.29, 0.717) is 12.8 Å². The third kappa shape index (κ3) is 43.6. The summed E-state index contributed by atoms with van der Waals surface area (Å²) in [4.78, 5) is 43.5. The molecule has 0 saturated carbocycles. The number of ketones is 1. The standard InChI is InChI=1S/C57H102O8/c1-4-7-10-13-16-19-22-25-28-31-34-37-40-43-46-49-54(59)63-51-52(58)57(64-55(60)50-47-44-41-38-35-32-29-26-23-20-17-14-11-8-5-2)56(61)53(65-62)48-45-42-39-36-33-30-27-24-21-18-15-12-9-6-3/h25-26,28-29,42,45,48,52,57-58,62H,4-24,27,30-41,43-44,46-47,49-51H2,1-3H3/b28-25-,29-26-,45-42?,53-48?. The summed E-state index contributed by atoms with van der Waals surface area (Å²) < 4.78 is 10.9. The number of hydrogen-bond donors (Lipinski definition) is 2. The molecule has 0 aliphatic heterocycles. The Hall–Kier alpha value is -2.71. The summed E-state index contributed by atoms with van der Waals surface area (Å²) in [5.41, 5.74) is 0.